The van der Waals surface area contributed by atoms with Crippen LogP contribution in [0, 0.1) is 15.4 Å². The Balaban J connectivity index is 1.66. The van der Waals surface area contributed by atoms with E-state index in [0.29, 0.717) is 5.92 Å². The molecule has 0 bridgehead atoms. The first-order valence-electron chi connectivity index (χ1n) is 6.54. The molecule has 2 fully saturated rings. The average molecular weight is 356 g/mol. The number of hydrogen-bond acceptors (Lipinski definition) is 2. The van der Waals surface area contributed by atoms with Gasteiger partial charge in [0.15, 0.2) is 0 Å². The van der Waals surface area contributed by atoms with E-state index in [1.807, 2.05) is 24.3 Å². The summed E-state index contributed by atoms with van der Waals surface area (Å²) >= 11 is 2.26. The van der Waals surface area contributed by atoms with Crippen LogP contribution in [0.4, 0.5) is 5.69 Å². The maximum Gasteiger partial charge on any atom is 0.241 e. The van der Waals surface area contributed by atoms with Crippen molar-refractivity contribution in [3.63, 3.8) is 0 Å². The van der Waals surface area contributed by atoms with Crippen molar-refractivity contribution in [3.8, 4) is 0 Å². The summed E-state index contributed by atoms with van der Waals surface area (Å²) < 4.78 is 1.18. The summed E-state index contributed by atoms with van der Waals surface area (Å²) in [4.78, 5) is 12.3. The zero-order chi connectivity index (χ0) is 12.5. The van der Waals surface area contributed by atoms with Gasteiger partial charge < -0.3 is 10.6 Å². The van der Waals surface area contributed by atoms with Crippen LogP contribution in [-0.4, -0.2) is 18.5 Å². The highest BCUT2D eigenvalue weighted by Gasteiger charge is 2.42. The second-order valence-electron chi connectivity index (χ2n) is 5.24. The second kappa shape index (κ2) is 5.17. The summed E-state index contributed by atoms with van der Waals surface area (Å²) in [5, 5.41) is 6.40. The Morgan fingerprint density at radius 1 is 1.28 bits per heavy atom. The molecule has 3 unspecified atom stereocenters. The zero-order valence-electron chi connectivity index (χ0n) is 10.2. The molecule has 3 rings (SSSR count). The Labute approximate surface area is 121 Å². The Kier molecular flexibility index (Phi) is 3.56. The number of halogens is 1. The zero-order valence-corrected chi connectivity index (χ0v) is 12.3. The van der Waals surface area contributed by atoms with Gasteiger partial charge in [0.25, 0.3) is 0 Å². The van der Waals surface area contributed by atoms with Gasteiger partial charge in [-0.05, 0) is 78.1 Å². The van der Waals surface area contributed by atoms with Crippen LogP contribution < -0.4 is 10.6 Å². The summed E-state index contributed by atoms with van der Waals surface area (Å²) in [5.74, 6) is 1.40. The van der Waals surface area contributed by atoms with E-state index in [-0.39, 0.29) is 11.9 Å². The number of carbonyl (C=O) groups excluding carboxylic acids is 1. The lowest BCUT2D eigenvalue weighted by atomic mass is 9.93. The van der Waals surface area contributed by atoms with E-state index in [1.165, 1.54) is 22.8 Å². The molecule has 1 aromatic rings. The summed E-state index contributed by atoms with van der Waals surface area (Å²) in [6.07, 6.45) is 3.76. The summed E-state index contributed by atoms with van der Waals surface area (Å²) in [5.41, 5.74) is 0.892. The maximum absolute atomic E-state index is 12.3. The summed E-state index contributed by atoms with van der Waals surface area (Å²) in [7, 11) is 0. The van der Waals surface area contributed by atoms with Gasteiger partial charge in [-0.15, -0.1) is 0 Å². The fourth-order valence-electron chi connectivity index (χ4n) is 3.23. The predicted molar refractivity (Wildman–Crippen MR) is 80.4 cm³/mol. The third-order valence-corrected chi connectivity index (χ3v) is 4.86. The number of fused-ring (bicyclic) bond motifs is 1. The molecule has 4 heteroatoms. The molecule has 1 aliphatic heterocycles. The molecule has 3 nitrogen and oxygen atoms in total. The number of nitrogens with one attached hydrogen (secondary N) is 2. The fraction of sp³-hybridized carbons (Fsp3) is 0.500. The minimum absolute atomic E-state index is 0.0109. The van der Waals surface area contributed by atoms with Gasteiger partial charge in [-0.25, -0.2) is 0 Å². The standard InChI is InChI=1S/C14H17IN2O/c15-10-4-6-11(7-5-10)17-14(18)13-12-3-1-2-9(12)8-16-13/h4-7,9,12-13,16H,1-3,8H2,(H,17,18). The Morgan fingerprint density at radius 3 is 2.83 bits per heavy atom. The maximum atomic E-state index is 12.3. The van der Waals surface area contributed by atoms with Crippen molar-refractivity contribution in [1.82, 2.24) is 5.32 Å². The molecule has 0 radical (unpaired) electrons. The predicted octanol–water partition coefficient (Wildman–Crippen LogP) is 2.62. The van der Waals surface area contributed by atoms with Crippen molar-refractivity contribution in [1.29, 1.82) is 0 Å². The highest BCUT2D eigenvalue weighted by atomic mass is 127. The van der Waals surface area contributed by atoms with E-state index < -0.39 is 0 Å². The van der Waals surface area contributed by atoms with Gasteiger partial charge in [-0.2, -0.15) is 0 Å². The van der Waals surface area contributed by atoms with Crippen molar-refractivity contribution < 1.29 is 4.79 Å². The van der Waals surface area contributed by atoms with Crippen molar-refractivity contribution in [2.45, 2.75) is 25.3 Å². The lowest BCUT2D eigenvalue weighted by Crippen LogP contribution is -2.39. The molecule has 1 heterocycles. The van der Waals surface area contributed by atoms with Crippen molar-refractivity contribution >= 4 is 34.2 Å². The molecular weight excluding hydrogens is 339 g/mol. The SMILES string of the molecule is O=C(Nc1ccc(I)cc1)C1NCC2CCCC21. The molecule has 3 atom stereocenters. The molecule has 1 aromatic carbocycles. The van der Waals surface area contributed by atoms with Crippen LogP contribution in [0.1, 0.15) is 19.3 Å². The molecule has 1 amide bonds. The van der Waals surface area contributed by atoms with Gasteiger partial charge in [0.1, 0.15) is 0 Å². The van der Waals surface area contributed by atoms with E-state index in [0.717, 1.165) is 18.2 Å². The highest BCUT2D eigenvalue weighted by Crippen LogP contribution is 2.37. The molecular formula is C14H17IN2O. The first kappa shape index (κ1) is 12.4. The van der Waals surface area contributed by atoms with Crippen LogP contribution in [0.5, 0.6) is 0 Å². The first-order valence-corrected chi connectivity index (χ1v) is 7.62. The number of hydrogen-bond donors (Lipinski definition) is 2. The van der Waals surface area contributed by atoms with E-state index in [9.17, 15) is 4.79 Å². The van der Waals surface area contributed by atoms with Gasteiger partial charge >= 0.3 is 0 Å². The van der Waals surface area contributed by atoms with Crippen molar-refractivity contribution in [2.75, 3.05) is 11.9 Å². The lowest BCUT2D eigenvalue weighted by Gasteiger charge is -2.17. The summed E-state index contributed by atoms with van der Waals surface area (Å²) in [6.45, 7) is 1.01. The van der Waals surface area contributed by atoms with Crippen LogP contribution in [-0.2, 0) is 4.79 Å². The van der Waals surface area contributed by atoms with E-state index in [1.54, 1.807) is 0 Å². The monoisotopic (exact) mass is 356 g/mol. The molecule has 2 aliphatic rings. The van der Waals surface area contributed by atoms with Crippen LogP contribution in [0.15, 0.2) is 24.3 Å². The molecule has 0 aromatic heterocycles. The number of carbonyl (C=O) groups is 1. The van der Waals surface area contributed by atoms with E-state index in [2.05, 4.69) is 33.2 Å². The molecule has 96 valence electrons. The minimum Gasteiger partial charge on any atom is -0.325 e. The van der Waals surface area contributed by atoms with Gasteiger partial charge in [0.2, 0.25) is 5.91 Å². The highest BCUT2D eigenvalue weighted by molar-refractivity contribution is 14.1. The molecule has 1 saturated heterocycles. The number of rotatable bonds is 2. The fourth-order valence-corrected chi connectivity index (χ4v) is 3.59. The smallest absolute Gasteiger partial charge is 0.241 e. The molecule has 18 heavy (non-hydrogen) atoms. The first-order chi connectivity index (χ1) is 8.74. The van der Waals surface area contributed by atoms with Crippen molar-refractivity contribution in [2.24, 2.45) is 11.8 Å². The van der Waals surface area contributed by atoms with Crippen LogP contribution in [0.25, 0.3) is 0 Å². The Bertz CT molecular complexity index is 446. The normalized spacial score (nSPS) is 30.2. The third kappa shape index (κ3) is 2.40. The Hall–Kier alpha value is -0.620. The topological polar surface area (TPSA) is 41.1 Å². The third-order valence-electron chi connectivity index (χ3n) is 4.14. The Morgan fingerprint density at radius 2 is 2.06 bits per heavy atom. The van der Waals surface area contributed by atoms with Gasteiger partial charge in [0, 0.05) is 9.26 Å². The van der Waals surface area contributed by atoms with Gasteiger partial charge in [-0.1, -0.05) is 6.42 Å². The van der Waals surface area contributed by atoms with E-state index in [4.69, 9.17) is 0 Å². The van der Waals surface area contributed by atoms with Crippen molar-refractivity contribution in [3.05, 3.63) is 27.8 Å². The van der Waals surface area contributed by atoms with Gasteiger partial charge in [0.05, 0.1) is 6.04 Å². The lowest BCUT2D eigenvalue weighted by molar-refractivity contribution is -0.118. The van der Waals surface area contributed by atoms with Crippen LogP contribution >= 0.6 is 22.6 Å². The second-order valence-corrected chi connectivity index (χ2v) is 6.48. The molecule has 1 saturated carbocycles. The number of amides is 1. The van der Waals surface area contributed by atoms with Crippen LogP contribution in [0.2, 0.25) is 0 Å². The largest absolute Gasteiger partial charge is 0.325 e. The van der Waals surface area contributed by atoms with Crippen LogP contribution in [0.3, 0.4) is 0 Å². The summed E-state index contributed by atoms with van der Waals surface area (Å²) in [6, 6.07) is 7.95. The van der Waals surface area contributed by atoms with Gasteiger partial charge in [-0.3, -0.25) is 4.79 Å². The number of anilines is 1. The average Bonchev–Trinajstić information content (AvgIpc) is 2.93. The molecule has 2 N–H and O–H groups in total. The van der Waals surface area contributed by atoms with E-state index >= 15 is 0 Å². The minimum atomic E-state index is 0.0109. The molecule has 1 aliphatic carbocycles. The quantitative estimate of drug-likeness (QED) is 0.800. The molecule has 0 spiro atoms. The number of benzene rings is 1.